The van der Waals surface area contributed by atoms with Gasteiger partial charge in [-0.25, -0.2) is 0 Å². The lowest BCUT2D eigenvalue weighted by Gasteiger charge is -2.28. The zero-order valence-corrected chi connectivity index (χ0v) is 21.6. The van der Waals surface area contributed by atoms with Crippen LogP contribution in [0.1, 0.15) is 98.8 Å². The van der Waals surface area contributed by atoms with Crippen LogP contribution in [-0.2, 0) is 38.0 Å². The zero-order chi connectivity index (χ0) is 24.8. The standard InChI is InChI=1S/C26H44O8/c1-6-7-8-9-10-13-26(5)33-22(20-17-29-24(3,31-20)14-11-16-27)23(34-26)21-18-30-25(4,32-21)15-12-19(2)28/h16,20-23H,6-15,17-18H2,1-5H3. The van der Waals surface area contributed by atoms with Crippen molar-refractivity contribution in [3.05, 3.63) is 0 Å². The van der Waals surface area contributed by atoms with Gasteiger partial charge in [0.2, 0.25) is 0 Å². The van der Waals surface area contributed by atoms with Gasteiger partial charge in [0.05, 0.1) is 13.2 Å². The molecule has 3 saturated heterocycles. The molecule has 3 rings (SSSR count). The highest BCUT2D eigenvalue weighted by molar-refractivity contribution is 5.75. The fraction of sp³-hybridized carbons (Fsp3) is 0.923. The normalized spacial score (nSPS) is 40.1. The van der Waals surface area contributed by atoms with E-state index in [1.165, 1.54) is 19.3 Å². The van der Waals surface area contributed by atoms with Gasteiger partial charge in [0, 0.05) is 32.1 Å². The minimum absolute atomic E-state index is 0.108. The molecule has 7 unspecified atom stereocenters. The first kappa shape index (κ1) is 27.7. The van der Waals surface area contributed by atoms with Crippen LogP contribution in [-0.4, -0.2) is 67.1 Å². The highest BCUT2D eigenvalue weighted by Gasteiger charge is 2.56. The topological polar surface area (TPSA) is 89.5 Å². The number of unbranched alkanes of at least 4 members (excludes halogenated alkanes) is 4. The van der Waals surface area contributed by atoms with Crippen molar-refractivity contribution in [1.29, 1.82) is 0 Å². The fourth-order valence-corrected chi connectivity index (χ4v) is 5.08. The molecule has 3 fully saturated rings. The summed E-state index contributed by atoms with van der Waals surface area (Å²) in [7, 11) is 0. The van der Waals surface area contributed by atoms with Gasteiger partial charge in [-0.2, -0.15) is 0 Å². The van der Waals surface area contributed by atoms with Gasteiger partial charge in [-0.15, -0.1) is 0 Å². The zero-order valence-electron chi connectivity index (χ0n) is 21.6. The van der Waals surface area contributed by atoms with Gasteiger partial charge in [0.15, 0.2) is 17.4 Å². The summed E-state index contributed by atoms with van der Waals surface area (Å²) in [6, 6.07) is 0. The smallest absolute Gasteiger partial charge is 0.166 e. The van der Waals surface area contributed by atoms with Crippen molar-refractivity contribution in [1.82, 2.24) is 0 Å². The third-order valence-electron chi connectivity index (χ3n) is 7.12. The van der Waals surface area contributed by atoms with Crippen molar-refractivity contribution in [2.75, 3.05) is 13.2 Å². The second kappa shape index (κ2) is 11.9. The SMILES string of the molecule is CCCCCCCC1(C)OC(C2COC(C)(CCC=O)O2)C(C2COC(C)(CCC(C)=O)O2)O1. The summed E-state index contributed by atoms with van der Waals surface area (Å²) in [5.74, 6) is -2.28. The van der Waals surface area contributed by atoms with Gasteiger partial charge < -0.3 is 38.0 Å². The highest BCUT2D eigenvalue weighted by atomic mass is 16.8. The third kappa shape index (κ3) is 7.31. The van der Waals surface area contributed by atoms with Gasteiger partial charge in [0.25, 0.3) is 0 Å². The molecule has 3 aliphatic rings. The van der Waals surface area contributed by atoms with Crippen molar-refractivity contribution in [3.8, 4) is 0 Å². The first-order valence-electron chi connectivity index (χ1n) is 13.0. The Bertz CT molecular complexity index is 686. The Hall–Kier alpha value is -0.900. The molecular formula is C26H44O8. The van der Waals surface area contributed by atoms with E-state index < -0.39 is 17.4 Å². The van der Waals surface area contributed by atoms with E-state index in [1.807, 2.05) is 20.8 Å². The van der Waals surface area contributed by atoms with Crippen LogP contribution in [0.2, 0.25) is 0 Å². The molecule has 3 heterocycles. The molecule has 0 saturated carbocycles. The molecular weight excluding hydrogens is 440 g/mol. The molecule has 34 heavy (non-hydrogen) atoms. The summed E-state index contributed by atoms with van der Waals surface area (Å²) in [5, 5.41) is 0. The van der Waals surface area contributed by atoms with Crippen LogP contribution in [0.5, 0.6) is 0 Å². The Balaban J connectivity index is 1.68. The Labute approximate surface area is 204 Å². The highest BCUT2D eigenvalue weighted by Crippen LogP contribution is 2.43. The summed E-state index contributed by atoms with van der Waals surface area (Å²) >= 11 is 0. The Kier molecular flexibility index (Phi) is 9.68. The summed E-state index contributed by atoms with van der Waals surface area (Å²) in [5.41, 5.74) is 0. The van der Waals surface area contributed by atoms with Gasteiger partial charge in [-0.1, -0.05) is 32.6 Å². The molecule has 8 nitrogen and oxygen atoms in total. The van der Waals surface area contributed by atoms with Crippen LogP contribution >= 0.6 is 0 Å². The summed E-state index contributed by atoms with van der Waals surface area (Å²) in [4.78, 5) is 22.4. The maximum Gasteiger partial charge on any atom is 0.166 e. The first-order chi connectivity index (χ1) is 16.1. The van der Waals surface area contributed by atoms with E-state index in [4.69, 9.17) is 28.4 Å². The molecule has 3 aliphatic heterocycles. The molecule has 196 valence electrons. The molecule has 8 heteroatoms. The molecule has 0 bridgehead atoms. The lowest BCUT2D eigenvalue weighted by molar-refractivity contribution is -0.196. The molecule has 7 atom stereocenters. The van der Waals surface area contributed by atoms with Crippen molar-refractivity contribution in [3.63, 3.8) is 0 Å². The number of carbonyl (C=O) groups is 2. The van der Waals surface area contributed by atoms with E-state index in [-0.39, 0.29) is 30.2 Å². The molecule has 0 spiro atoms. The van der Waals surface area contributed by atoms with Crippen molar-refractivity contribution >= 4 is 12.1 Å². The van der Waals surface area contributed by atoms with Crippen LogP contribution in [0.4, 0.5) is 0 Å². The number of ketones is 1. The van der Waals surface area contributed by atoms with Crippen LogP contribution < -0.4 is 0 Å². The van der Waals surface area contributed by atoms with E-state index in [9.17, 15) is 9.59 Å². The lowest BCUT2D eigenvalue weighted by atomic mass is 10.0. The predicted octanol–water partition coefficient (Wildman–Crippen LogP) is 4.46. The van der Waals surface area contributed by atoms with Crippen LogP contribution in [0.25, 0.3) is 0 Å². The first-order valence-corrected chi connectivity index (χ1v) is 13.0. The molecule has 0 amide bonds. The minimum Gasteiger partial charge on any atom is -0.347 e. The number of ether oxygens (including phenoxy) is 6. The van der Waals surface area contributed by atoms with E-state index in [0.717, 1.165) is 25.5 Å². The number of rotatable bonds is 14. The second-order valence-electron chi connectivity index (χ2n) is 10.6. The van der Waals surface area contributed by atoms with E-state index in [1.54, 1.807) is 6.92 Å². The van der Waals surface area contributed by atoms with Crippen LogP contribution in [0.15, 0.2) is 0 Å². The van der Waals surface area contributed by atoms with Gasteiger partial charge in [-0.3, -0.25) is 0 Å². The quantitative estimate of drug-likeness (QED) is 0.264. The largest absolute Gasteiger partial charge is 0.347 e. The van der Waals surface area contributed by atoms with Crippen molar-refractivity contribution < 1.29 is 38.0 Å². The second-order valence-corrected chi connectivity index (χ2v) is 10.6. The molecule has 0 radical (unpaired) electrons. The maximum atomic E-state index is 11.5. The average molecular weight is 485 g/mol. The molecule has 0 aromatic carbocycles. The number of Topliss-reactive ketones (excluding diaryl/α,β-unsaturated/α-hetero) is 1. The lowest BCUT2D eigenvalue weighted by Crippen LogP contribution is -2.45. The van der Waals surface area contributed by atoms with Crippen molar-refractivity contribution in [2.24, 2.45) is 0 Å². The monoisotopic (exact) mass is 484 g/mol. The maximum absolute atomic E-state index is 11.5. The van der Waals surface area contributed by atoms with Gasteiger partial charge in [-0.05, 0) is 34.1 Å². The number of hydrogen-bond acceptors (Lipinski definition) is 8. The van der Waals surface area contributed by atoms with E-state index in [0.29, 0.717) is 38.9 Å². The molecule has 0 N–H and O–H groups in total. The molecule has 0 aromatic rings. The number of hydrogen-bond donors (Lipinski definition) is 0. The Morgan fingerprint density at radius 1 is 0.794 bits per heavy atom. The Morgan fingerprint density at radius 3 is 1.88 bits per heavy atom. The minimum atomic E-state index is -0.825. The van der Waals surface area contributed by atoms with E-state index in [2.05, 4.69) is 6.92 Å². The average Bonchev–Trinajstić information content (AvgIpc) is 3.47. The third-order valence-corrected chi connectivity index (χ3v) is 7.12. The molecule has 0 aliphatic carbocycles. The summed E-state index contributed by atoms with van der Waals surface area (Å²) in [6.45, 7) is 10.2. The predicted molar refractivity (Wildman–Crippen MR) is 125 cm³/mol. The number of carbonyl (C=O) groups excluding carboxylic acids is 2. The molecule has 0 aromatic heterocycles. The number of aldehydes is 1. The van der Waals surface area contributed by atoms with Crippen molar-refractivity contribution in [2.45, 2.75) is 141 Å². The summed E-state index contributed by atoms with van der Waals surface area (Å²) < 4.78 is 37.6. The van der Waals surface area contributed by atoms with E-state index >= 15 is 0 Å². The summed E-state index contributed by atoms with van der Waals surface area (Å²) in [6.07, 6.45) is 7.80. The van der Waals surface area contributed by atoms with Crippen LogP contribution in [0, 0.1) is 0 Å². The van der Waals surface area contributed by atoms with Gasteiger partial charge in [0.1, 0.15) is 36.5 Å². The fourth-order valence-electron chi connectivity index (χ4n) is 5.08. The van der Waals surface area contributed by atoms with Gasteiger partial charge >= 0.3 is 0 Å². The Morgan fingerprint density at radius 2 is 1.35 bits per heavy atom. The van der Waals surface area contributed by atoms with Crippen LogP contribution in [0.3, 0.4) is 0 Å².